The Morgan fingerprint density at radius 3 is 2.52 bits per heavy atom. The van der Waals surface area contributed by atoms with Crippen LogP contribution in [0.2, 0.25) is 0 Å². The van der Waals surface area contributed by atoms with E-state index in [1.807, 2.05) is 6.07 Å². The molecule has 33 heavy (non-hydrogen) atoms. The summed E-state index contributed by atoms with van der Waals surface area (Å²) in [6.07, 6.45) is 3.88. The number of amides is 1. The molecule has 1 aromatic carbocycles. The standard InChI is InChI=1S/C22H23F2N5O3S/c1-11-25-19-16(9-18(28-20(19)26-11)29-21(30)14-10-22(14,23)24)27-15-7-6-13(12-4-3-5-12)8-17(15)33(2,31)32/h6-9,12,14H,3-5,10H2,1-2H3,(H3,25,26,27,28,29,30)/t14-/m0/s1. The molecular weight excluding hydrogens is 452 g/mol. The molecule has 3 aromatic rings. The third-order valence-corrected chi connectivity index (χ3v) is 7.35. The number of anilines is 3. The van der Waals surface area contributed by atoms with Gasteiger partial charge in [-0.05, 0) is 43.4 Å². The van der Waals surface area contributed by atoms with Gasteiger partial charge in [0.2, 0.25) is 5.91 Å². The summed E-state index contributed by atoms with van der Waals surface area (Å²) in [6, 6.07) is 6.80. The number of pyridine rings is 1. The van der Waals surface area contributed by atoms with Gasteiger partial charge in [-0.3, -0.25) is 4.79 Å². The summed E-state index contributed by atoms with van der Waals surface area (Å²) in [5.41, 5.74) is 2.51. The van der Waals surface area contributed by atoms with Crippen molar-refractivity contribution in [2.45, 2.75) is 49.3 Å². The van der Waals surface area contributed by atoms with Crippen LogP contribution in [0.5, 0.6) is 0 Å². The number of aromatic amines is 1. The van der Waals surface area contributed by atoms with Crippen molar-refractivity contribution in [3.05, 3.63) is 35.7 Å². The van der Waals surface area contributed by atoms with Crippen LogP contribution in [-0.2, 0) is 14.6 Å². The number of nitrogens with one attached hydrogen (secondary N) is 3. The molecule has 0 radical (unpaired) electrons. The van der Waals surface area contributed by atoms with E-state index in [2.05, 4.69) is 25.6 Å². The molecule has 2 aliphatic carbocycles. The molecule has 2 fully saturated rings. The van der Waals surface area contributed by atoms with Gasteiger partial charge in [0.05, 0.1) is 16.3 Å². The Labute approximate surface area is 189 Å². The van der Waals surface area contributed by atoms with E-state index in [9.17, 15) is 22.0 Å². The summed E-state index contributed by atoms with van der Waals surface area (Å²) in [4.78, 5) is 24.0. The Kier molecular flexibility index (Phi) is 4.93. The number of aromatic nitrogens is 3. The van der Waals surface area contributed by atoms with Crippen molar-refractivity contribution >= 4 is 44.1 Å². The molecule has 0 spiro atoms. The van der Waals surface area contributed by atoms with Gasteiger partial charge in [0, 0.05) is 18.7 Å². The number of aryl methyl sites for hydroxylation is 1. The molecule has 174 valence electrons. The van der Waals surface area contributed by atoms with Crippen LogP contribution < -0.4 is 10.6 Å². The number of rotatable bonds is 6. The lowest BCUT2D eigenvalue weighted by molar-refractivity contribution is -0.119. The largest absolute Gasteiger partial charge is 0.352 e. The zero-order valence-corrected chi connectivity index (χ0v) is 18.9. The third-order valence-electron chi connectivity index (χ3n) is 6.22. The maximum absolute atomic E-state index is 13.3. The molecule has 0 unspecified atom stereocenters. The SMILES string of the molecule is Cc1nc2c(Nc3ccc(C4CCC4)cc3S(C)(=O)=O)cc(NC(=O)[C@@H]3CC3(F)F)nc2[nH]1. The molecule has 0 bridgehead atoms. The molecule has 8 nitrogen and oxygen atoms in total. The van der Waals surface area contributed by atoms with Crippen LogP contribution in [0.1, 0.15) is 43.0 Å². The van der Waals surface area contributed by atoms with Crippen molar-refractivity contribution in [3.8, 4) is 0 Å². The molecule has 2 aliphatic rings. The van der Waals surface area contributed by atoms with E-state index < -0.39 is 34.0 Å². The Hall–Kier alpha value is -3.08. The van der Waals surface area contributed by atoms with Crippen molar-refractivity contribution in [1.82, 2.24) is 15.0 Å². The first-order valence-electron chi connectivity index (χ1n) is 10.7. The molecule has 3 N–H and O–H groups in total. The number of H-pyrrole nitrogens is 1. The zero-order chi connectivity index (χ0) is 23.5. The summed E-state index contributed by atoms with van der Waals surface area (Å²) < 4.78 is 51.7. The number of carbonyl (C=O) groups excluding carboxylic acids is 1. The summed E-state index contributed by atoms with van der Waals surface area (Å²) >= 11 is 0. The number of fused-ring (bicyclic) bond motifs is 1. The van der Waals surface area contributed by atoms with Gasteiger partial charge >= 0.3 is 0 Å². The van der Waals surface area contributed by atoms with E-state index in [4.69, 9.17) is 0 Å². The minimum absolute atomic E-state index is 0.0633. The van der Waals surface area contributed by atoms with Crippen LogP contribution in [0.15, 0.2) is 29.2 Å². The molecule has 2 heterocycles. The number of carbonyl (C=O) groups is 1. The van der Waals surface area contributed by atoms with Gasteiger partial charge < -0.3 is 15.6 Å². The Morgan fingerprint density at radius 2 is 1.91 bits per heavy atom. The Bertz CT molecular complexity index is 1380. The van der Waals surface area contributed by atoms with Gasteiger partial charge in [-0.15, -0.1) is 0 Å². The molecule has 0 saturated heterocycles. The molecular formula is C22H23F2N5O3S. The highest BCUT2D eigenvalue weighted by molar-refractivity contribution is 7.90. The van der Waals surface area contributed by atoms with Crippen LogP contribution >= 0.6 is 0 Å². The van der Waals surface area contributed by atoms with Gasteiger partial charge in [0.1, 0.15) is 23.1 Å². The summed E-state index contributed by atoms with van der Waals surface area (Å²) in [6.45, 7) is 1.73. The van der Waals surface area contributed by atoms with Crippen LogP contribution in [-0.4, -0.2) is 41.5 Å². The van der Waals surface area contributed by atoms with Crippen molar-refractivity contribution in [1.29, 1.82) is 0 Å². The quantitative estimate of drug-likeness (QED) is 0.490. The Balaban J connectivity index is 1.52. The predicted molar refractivity (Wildman–Crippen MR) is 120 cm³/mol. The Morgan fingerprint density at radius 1 is 1.18 bits per heavy atom. The lowest BCUT2D eigenvalue weighted by Gasteiger charge is -2.26. The number of alkyl halides is 2. The highest BCUT2D eigenvalue weighted by Crippen LogP contribution is 2.49. The first kappa shape index (κ1) is 21.7. The van der Waals surface area contributed by atoms with E-state index in [1.54, 1.807) is 19.1 Å². The molecule has 2 aromatic heterocycles. The highest BCUT2D eigenvalue weighted by atomic mass is 32.2. The smallest absolute Gasteiger partial charge is 0.260 e. The maximum atomic E-state index is 13.3. The van der Waals surface area contributed by atoms with Crippen LogP contribution in [0.25, 0.3) is 11.2 Å². The van der Waals surface area contributed by atoms with Gasteiger partial charge in [0.15, 0.2) is 15.5 Å². The van der Waals surface area contributed by atoms with Crippen molar-refractivity contribution < 1.29 is 22.0 Å². The van der Waals surface area contributed by atoms with Gasteiger partial charge in [-0.1, -0.05) is 12.5 Å². The number of hydrogen-bond donors (Lipinski definition) is 3. The number of hydrogen-bond acceptors (Lipinski definition) is 6. The topological polar surface area (TPSA) is 117 Å². The maximum Gasteiger partial charge on any atom is 0.260 e. The molecule has 1 atom stereocenters. The third kappa shape index (κ3) is 4.17. The van der Waals surface area contributed by atoms with Crippen LogP contribution in [0.4, 0.5) is 26.0 Å². The average Bonchev–Trinajstić information content (AvgIpc) is 3.14. The van der Waals surface area contributed by atoms with Crippen LogP contribution in [0.3, 0.4) is 0 Å². The molecule has 5 rings (SSSR count). The number of halogens is 2. The van der Waals surface area contributed by atoms with E-state index in [1.165, 1.54) is 6.07 Å². The normalized spacial score (nSPS) is 19.8. The van der Waals surface area contributed by atoms with E-state index in [0.717, 1.165) is 31.1 Å². The number of benzene rings is 1. The number of imidazole rings is 1. The fraction of sp³-hybridized carbons (Fsp3) is 0.409. The van der Waals surface area contributed by atoms with E-state index >= 15 is 0 Å². The summed E-state index contributed by atoms with van der Waals surface area (Å²) in [5.74, 6) is -4.19. The fourth-order valence-electron chi connectivity index (χ4n) is 4.07. The van der Waals surface area contributed by atoms with Gasteiger partial charge in [-0.2, -0.15) is 0 Å². The number of nitrogens with zero attached hydrogens (tertiary/aromatic N) is 2. The molecule has 0 aliphatic heterocycles. The highest BCUT2D eigenvalue weighted by Gasteiger charge is 2.61. The second kappa shape index (κ2) is 7.47. The number of sulfone groups is 1. The lowest BCUT2D eigenvalue weighted by Crippen LogP contribution is -2.18. The first-order chi connectivity index (χ1) is 15.5. The monoisotopic (exact) mass is 475 g/mol. The predicted octanol–water partition coefficient (Wildman–Crippen LogP) is 4.27. The molecule has 1 amide bonds. The second-order valence-electron chi connectivity index (χ2n) is 8.86. The van der Waals surface area contributed by atoms with Gasteiger partial charge in [-0.25, -0.2) is 27.2 Å². The second-order valence-corrected chi connectivity index (χ2v) is 10.8. The summed E-state index contributed by atoms with van der Waals surface area (Å²) in [5, 5.41) is 5.55. The molecule has 2 saturated carbocycles. The average molecular weight is 476 g/mol. The van der Waals surface area contributed by atoms with Crippen molar-refractivity contribution in [2.75, 3.05) is 16.9 Å². The van der Waals surface area contributed by atoms with Crippen molar-refractivity contribution in [3.63, 3.8) is 0 Å². The van der Waals surface area contributed by atoms with Crippen molar-refractivity contribution in [2.24, 2.45) is 5.92 Å². The fourth-order valence-corrected chi connectivity index (χ4v) is 4.93. The minimum Gasteiger partial charge on any atom is -0.352 e. The lowest BCUT2D eigenvalue weighted by atomic mass is 9.80. The zero-order valence-electron chi connectivity index (χ0n) is 18.1. The van der Waals surface area contributed by atoms with Crippen LogP contribution in [0, 0.1) is 12.8 Å². The summed E-state index contributed by atoms with van der Waals surface area (Å²) in [7, 11) is -3.55. The van der Waals surface area contributed by atoms with E-state index in [0.29, 0.717) is 34.3 Å². The molecule has 11 heteroatoms. The van der Waals surface area contributed by atoms with Gasteiger partial charge in [0.25, 0.3) is 5.92 Å². The first-order valence-corrected chi connectivity index (χ1v) is 12.6. The van der Waals surface area contributed by atoms with E-state index in [-0.39, 0.29) is 10.7 Å². The minimum atomic E-state index is -3.55.